The number of carbonyl (C=O) groups excluding carboxylic acids is 1. The molecular formula is C13H20N2O2. The van der Waals surface area contributed by atoms with Crippen LogP contribution in [0.25, 0.3) is 0 Å². The van der Waals surface area contributed by atoms with Gasteiger partial charge in [0, 0.05) is 6.61 Å². The molecule has 0 radical (unpaired) electrons. The molecule has 0 aromatic heterocycles. The number of ether oxygens (including phenoxy) is 1. The van der Waals surface area contributed by atoms with Gasteiger partial charge in [-0.2, -0.15) is 0 Å². The third kappa shape index (κ3) is 1.40. The molecule has 1 spiro atoms. The molecule has 4 aliphatic rings. The molecular weight excluding hydrogens is 216 g/mol. The molecule has 4 nitrogen and oxygen atoms in total. The zero-order valence-electron chi connectivity index (χ0n) is 10.3. The van der Waals surface area contributed by atoms with Crippen molar-refractivity contribution in [3.05, 3.63) is 0 Å². The quantitative estimate of drug-likeness (QED) is 0.773. The zero-order chi connectivity index (χ0) is 11.6. The Morgan fingerprint density at radius 3 is 2.71 bits per heavy atom. The molecule has 0 aromatic carbocycles. The summed E-state index contributed by atoms with van der Waals surface area (Å²) in [5.74, 6) is 1.06. The number of carbonyl (C=O) groups is 1. The van der Waals surface area contributed by atoms with Crippen molar-refractivity contribution in [2.75, 3.05) is 6.61 Å². The second kappa shape index (κ2) is 3.23. The maximum absolute atomic E-state index is 12.5. The summed E-state index contributed by atoms with van der Waals surface area (Å²) in [7, 11) is 0. The minimum absolute atomic E-state index is 0.171. The van der Waals surface area contributed by atoms with E-state index in [2.05, 4.69) is 17.1 Å². The van der Waals surface area contributed by atoms with E-state index in [0.29, 0.717) is 18.1 Å². The van der Waals surface area contributed by atoms with Crippen molar-refractivity contribution in [1.29, 1.82) is 0 Å². The van der Waals surface area contributed by atoms with Gasteiger partial charge < -0.3 is 9.64 Å². The molecule has 4 fully saturated rings. The molecule has 3 atom stereocenters. The van der Waals surface area contributed by atoms with Gasteiger partial charge in [-0.1, -0.05) is 0 Å². The standard InChI is InChI=1S/C13H20N2O2/c1-8-14-13(5-6-13)12(16)15(8)10-4-7-17-11(10)9-2-3-9/h8-11,14H,2-7H2,1H3. The first-order valence-corrected chi connectivity index (χ1v) is 6.93. The minimum atomic E-state index is -0.171. The summed E-state index contributed by atoms with van der Waals surface area (Å²) < 4.78 is 5.87. The molecule has 2 aliphatic heterocycles. The Bertz CT molecular complexity index is 362. The highest BCUT2D eigenvalue weighted by Gasteiger charge is 2.61. The second-order valence-electron chi connectivity index (χ2n) is 6.14. The van der Waals surface area contributed by atoms with E-state index in [0.717, 1.165) is 31.8 Å². The first-order chi connectivity index (χ1) is 8.21. The van der Waals surface area contributed by atoms with Gasteiger partial charge in [0.05, 0.1) is 23.9 Å². The van der Waals surface area contributed by atoms with Gasteiger partial charge in [0.25, 0.3) is 0 Å². The predicted octanol–water partition coefficient (Wildman–Crippen LogP) is 0.864. The third-order valence-electron chi connectivity index (χ3n) is 4.84. The van der Waals surface area contributed by atoms with Crippen LogP contribution in [-0.4, -0.2) is 41.3 Å². The van der Waals surface area contributed by atoms with Crippen molar-refractivity contribution in [2.24, 2.45) is 5.92 Å². The lowest BCUT2D eigenvalue weighted by Gasteiger charge is -2.31. The molecule has 2 saturated carbocycles. The molecule has 2 saturated heterocycles. The lowest BCUT2D eigenvalue weighted by molar-refractivity contribution is -0.134. The zero-order valence-corrected chi connectivity index (χ0v) is 10.3. The van der Waals surface area contributed by atoms with Crippen LogP contribution >= 0.6 is 0 Å². The van der Waals surface area contributed by atoms with Gasteiger partial charge >= 0.3 is 0 Å². The lowest BCUT2D eigenvalue weighted by Crippen LogP contribution is -2.47. The van der Waals surface area contributed by atoms with Gasteiger partial charge in [0.2, 0.25) is 5.91 Å². The first kappa shape index (κ1) is 10.3. The maximum Gasteiger partial charge on any atom is 0.244 e. The Morgan fingerprint density at radius 1 is 1.35 bits per heavy atom. The Hall–Kier alpha value is -0.610. The van der Waals surface area contributed by atoms with Crippen LogP contribution in [0.5, 0.6) is 0 Å². The van der Waals surface area contributed by atoms with Gasteiger partial charge in [-0.25, -0.2) is 0 Å². The summed E-state index contributed by atoms with van der Waals surface area (Å²) in [4.78, 5) is 14.6. The van der Waals surface area contributed by atoms with Crippen LogP contribution in [0.15, 0.2) is 0 Å². The number of hydrogen-bond acceptors (Lipinski definition) is 3. The SMILES string of the molecule is CC1NC2(CC2)C(=O)N1C1CCOC1C1CC1. The van der Waals surface area contributed by atoms with E-state index >= 15 is 0 Å². The van der Waals surface area contributed by atoms with Crippen LogP contribution in [0.1, 0.15) is 39.0 Å². The van der Waals surface area contributed by atoms with Gasteiger partial charge in [0.15, 0.2) is 0 Å². The molecule has 17 heavy (non-hydrogen) atoms. The number of rotatable bonds is 2. The molecule has 94 valence electrons. The summed E-state index contributed by atoms with van der Waals surface area (Å²) >= 11 is 0. The first-order valence-electron chi connectivity index (χ1n) is 6.93. The van der Waals surface area contributed by atoms with Crippen molar-refractivity contribution in [3.8, 4) is 0 Å². The highest BCUT2D eigenvalue weighted by atomic mass is 16.5. The fraction of sp³-hybridized carbons (Fsp3) is 0.923. The summed E-state index contributed by atoms with van der Waals surface area (Å²) in [6, 6.07) is 0.331. The lowest BCUT2D eigenvalue weighted by atomic mass is 10.0. The number of nitrogens with one attached hydrogen (secondary N) is 1. The van der Waals surface area contributed by atoms with Gasteiger partial charge in [-0.3, -0.25) is 10.1 Å². The summed E-state index contributed by atoms with van der Waals surface area (Å²) in [5.41, 5.74) is -0.171. The Morgan fingerprint density at radius 2 is 2.12 bits per heavy atom. The maximum atomic E-state index is 12.5. The molecule has 0 aromatic rings. The van der Waals surface area contributed by atoms with Crippen LogP contribution in [0.3, 0.4) is 0 Å². The van der Waals surface area contributed by atoms with Gasteiger partial charge in [0.1, 0.15) is 0 Å². The Labute approximate surface area is 102 Å². The normalized spacial score (nSPS) is 43.7. The average Bonchev–Trinajstić information content (AvgIpc) is 3.20. The largest absolute Gasteiger partial charge is 0.376 e. The third-order valence-corrected chi connectivity index (χ3v) is 4.84. The highest BCUT2D eigenvalue weighted by molar-refractivity contribution is 5.92. The fourth-order valence-corrected chi connectivity index (χ4v) is 3.65. The van der Waals surface area contributed by atoms with E-state index < -0.39 is 0 Å². The molecule has 4 heteroatoms. The Kier molecular flexibility index (Phi) is 1.96. The van der Waals surface area contributed by atoms with Crippen LogP contribution in [0.4, 0.5) is 0 Å². The Balaban J connectivity index is 1.59. The molecule has 3 unspecified atom stereocenters. The second-order valence-corrected chi connectivity index (χ2v) is 6.14. The van der Waals surface area contributed by atoms with Gasteiger partial charge in [-0.15, -0.1) is 0 Å². The summed E-state index contributed by atoms with van der Waals surface area (Å²) in [6.07, 6.45) is 6.15. The monoisotopic (exact) mass is 236 g/mol. The summed E-state index contributed by atoms with van der Waals surface area (Å²) in [6.45, 7) is 2.95. The van der Waals surface area contributed by atoms with E-state index in [1.54, 1.807) is 0 Å². The van der Waals surface area contributed by atoms with E-state index in [4.69, 9.17) is 4.74 Å². The highest BCUT2D eigenvalue weighted by Crippen LogP contribution is 2.46. The smallest absolute Gasteiger partial charge is 0.244 e. The van der Waals surface area contributed by atoms with E-state index in [1.165, 1.54) is 12.8 Å². The molecule has 2 aliphatic carbocycles. The number of nitrogens with zero attached hydrogens (tertiary/aromatic N) is 1. The summed E-state index contributed by atoms with van der Waals surface area (Å²) in [5, 5.41) is 3.48. The fourth-order valence-electron chi connectivity index (χ4n) is 3.65. The van der Waals surface area contributed by atoms with Crippen LogP contribution in [-0.2, 0) is 9.53 Å². The number of amides is 1. The molecule has 2 heterocycles. The van der Waals surface area contributed by atoms with E-state index in [1.807, 2.05) is 0 Å². The van der Waals surface area contributed by atoms with E-state index in [9.17, 15) is 4.79 Å². The molecule has 0 bridgehead atoms. The predicted molar refractivity (Wildman–Crippen MR) is 62.3 cm³/mol. The molecule has 1 N–H and O–H groups in total. The minimum Gasteiger partial charge on any atom is -0.376 e. The van der Waals surface area contributed by atoms with Crippen molar-refractivity contribution in [3.63, 3.8) is 0 Å². The van der Waals surface area contributed by atoms with E-state index in [-0.39, 0.29) is 11.7 Å². The van der Waals surface area contributed by atoms with Crippen molar-refractivity contribution < 1.29 is 9.53 Å². The van der Waals surface area contributed by atoms with Crippen molar-refractivity contribution >= 4 is 5.91 Å². The molecule has 4 rings (SSSR count). The van der Waals surface area contributed by atoms with Crippen molar-refractivity contribution in [2.45, 2.75) is 62.9 Å². The van der Waals surface area contributed by atoms with Crippen LogP contribution < -0.4 is 5.32 Å². The molecule has 1 amide bonds. The van der Waals surface area contributed by atoms with Crippen molar-refractivity contribution in [1.82, 2.24) is 10.2 Å². The average molecular weight is 236 g/mol. The van der Waals surface area contributed by atoms with Crippen LogP contribution in [0.2, 0.25) is 0 Å². The van der Waals surface area contributed by atoms with Crippen LogP contribution in [0, 0.1) is 5.92 Å². The van der Waals surface area contributed by atoms with Gasteiger partial charge in [-0.05, 0) is 44.9 Å². The topological polar surface area (TPSA) is 41.6 Å². The number of hydrogen-bond donors (Lipinski definition) is 1.